The highest BCUT2D eigenvalue weighted by molar-refractivity contribution is 5.53. The zero-order valence-electron chi connectivity index (χ0n) is 10.6. The van der Waals surface area contributed by atoms with Gasteiger partial charge in [0.25, 0.3) is 0 Å². The van der Waals surface area contributed by atoms with E-state index in [1.165, 1.54) is 12.5 Å². The molecule has 98 valence electrons. The van der Waals surface area contributed by atoms with Gasteiger partial charge in [0.1, 0.15) is 6.33 Å². The van der Waals surface area contributed by atoms with Gasteiger partial charge in [0.15, 0.2) is 0 Å². The number of nitrogens with zero attached hydrogens (tertiary/aromatic N) is 5. The van der Waals surface area contributed by atoms with Gasteiger partial charge in [-0.15, -0.1) is 10.2 Å². The Labute approximate surface area is 109 Å². The molecule has 0 spiro atoms. The predicted molar refractivity (Wildman–Crippen MR) is 70.0 cm³/mol. The second-order valence-electron chi connectivity index (χ2n) is 4.10. The average molecular weight is 259 g/mol. The molecule has 0 radical (unpaired) electrons. The highest BCUT2D eigenvalue weighted by atomic mass is 16.6. The maximum Gasteiger partial charge on any atom is 0.329 e. The van der Waals surface area contributed by atoms with Crippen molar-refractivity contribution in [3.63, 3.8) is 0 Å². The smallest absolute Gasteiger partial charge is 0.329 e. The Morgan fingerprint density at radius 1 is 1.37 bits per heavy atom. The molecule has 0 aliphatic rings. The average Bonchev–Trinajstić information content (AvgIpc) is 2.85. The Morgan fingerprint density at radius 3 is 2.63 bits per heavy atom. The molecule has 0 saturated heterocycles. The van der Waals surface area contributed by atoms with Crippen LogP contribution in [-0.4, -0.2) is 38.7 Å². The summed E-state index contributed by atoms with van der Waals surface area (Å²) in [6, 6.07) is 9.24. The number of hydrogen-bond donors (Lipinski definition) is 0. The van der Waals surface area contributed by atoms with Gasteiger partial charge in [-0.25, -0.2) is 0 Å². The van der Waals surface area contributed by atoms with Crippen LogP contribution in [0.5, 0.6) is 0 Å². The molecule has 1 aromatic carbocycles. The van der Waals surface area contributed by atoms with Crippen LogP contribution in [0.4, 0.5) is 0 Å². The number of rotatable bonds is 4. The summed E-state index contributed by atoms with van der Waals surface area (Å²) < 4.78 is 1.58. The van der Waals surface area contributed by atoms with Gasteiger partial charge in [-0.3, -0.25) is 14.7 Å². The first-order valence-electron chi connectivity index (χ1n) is 5.58. The molecule has 1 aromatic heterocycles. The molecule has 0 aliphatic carbocycles. The number of para-hydroxylation sites is 1. The third kappa shape index (κ3) is 2.76. The van der Waals surface area contributed by atoms with Crippen molar-refractivity contribution in [3.8, 4) is 5.69 Å². The van der Waals surface area contributed by atoms with Gasteiger partial charge in [-0.1, -0.05) is 18.2 Å². The summed E-state index contributed by atoms with van der Waals surface area (Å²) in [5.74, 6) is 0.199. The third-order valence-electron chi connectivity index (χ3n) is 2.39. The van der Waals surface area contributed by atoms with E-state index in [1.54, 1.807) is 23.6 Å². The normalized spacial score (nSPS) is 11.4. The van der Waals surface area contributed by atoms with Crippen LogP contribution < -0.4 is 0 Å². The van der Waals surface area contributed by atoms with Gasteiger partial charge in [-0.2, -0.15) is 0 Å². The van der Waals surface area contributed by atoms with Crippen LogP contribution in [0.15, 0.2) is 42.9 Å². The minimum absolute atomic E-state index is 0.105. The monoisotopic (exact) mass is 259 g/mol. The second kappa shape index (κ2) is 5.30. The van der Waals surface area contributed by atoms with Crippen molar-refractivity contribution in [3.05, 3.63) is 58.8 Å². The van der Waals surface area contributed by atoms with Crippen molar-refractivity contribution in [1.29, 1.82) is 0 Å². The topological polar surface area (TPSA) is 77.1 Å². The van der Waals surface area contributed by atoms with Gasteiger partial charge in [-0.05, 0) is 12.1 Å². The standard InChI is InChI=1S/C12H13N5O2/c1-15(2)8-11(17(18)19)12-14-13-9-16(12)10-6-4-3-5-7-10/h3-9H,1-2H3. The molecular weight excluding hydrogens is 246 g/mol. The van der Waals surface area contributed by atoms with Crippen LogP contribution in [0.2, 0.25) is 0 Å². The molecule has 7 heteroatoms. The first-order chi connectivity index (χ1) is 9.09. The predicted octanol–water partition coefficient (Wildman–Crippen LogP) is 1.40. The lowest BCUT2D eigenvalue weighted by molar-refractivity contribution is -0.377. The van der Waals surface area contributed by atoms with E-state index >= 15 is 0 Å². The molecule has 0 aliphatic heterocycles. The molecule has 0 N–H and O–H groups in total. The Balaban J connectivity index is 2.52. The number of benzene rings is 1. The maximum absolute atomic E-state index is 11.1. The zero-order chi connectivity index (χ0) is 13.8. The van der Waals surface area contributed by atoms with E-state index in [0.29, 0.717) is 0 Å². The minimum Gasteiger partial charge on any atom is -0.378 e. The van der Waals surface area contributed by atoms with Crippen molar-refractivity contribution in [2.45, 2.75) is 0 Å². The summed E-state index contributed by atoms with van der Waals surface area (Å²) in [7, 11) is 3.43. The van der Waals surface area contributed by atoms with E-state index in [2.05, 4.69) is 10.2 Å². The lowest BCUT2D eigenvalue weighted by atomic mass is 10.3. The van der Waals surface area contributed by atoms with Gasteiger partial charge in [0, 0.05) is 19.8 Å². The van der Waals surface area contributed by atoms with Crippen molar-refractivity contribution in [1.82, 2.24) is 19.7 Å². The Morgan fingerprint density at radius 2 is 2.05 bits per heavy atom. The molecule has 1 heterocycles. The van der Waals surface area contributed by atoms with E-state index in [9.17, 15) is 10.1 Å². The lowest BCUT2D eigenvalue weighted by Crippen LogP contribution is -2.11. The Bertz CT molecular complexity index is 604. The molecular formula is C12H13N5O2. The van der Waals surface area contributed by atoms with Gasteiger partial charge in [0.2, 0.25) is 5.82 Å². The molecule has 2 rings (SSSR count). The quantitative estimate of drug-likeness (QED) is 0.612. The fourth-order valence-corrected chi connectivity index (χ4v) is 1.62. The fraction of sp³-hybridized carbons (Fsp3) is 0.167. The molecule has 19 heavy (non-hydrogen) atoms. The van der Waals surface area contributed by atoms with Gasteiger partial charge < -0.3 is 4.90 Å². The largest absolute Gasteiger partial charge is 0.378 e. The van der Waals surface area contributed by atoms with Crippen LogP contribution >= 0.6 is 0 Å². The van der Waals surface area contributed by atoms with Gasteiger partial charge >= 0.3 is 5.70 Å². The maximum atomic E-state index is 11.1. The van der Waals surface area contributed by atoms with Crippen molar-refractivity contribution in [2.75, 3.05) is 14.1 Å². The third-order valence-corrected chi connectivity index (χ3v) is 2.39. The second-order valence-corrected chi connectivity index (χ2v) is 4.10. The Hall–Kier alpha value is -2.70. The van der Waals surface area contributed by atoms with Crippen molar-refractivity contribution >= 4 is 5.70 Å². The van der Waals surface area contributed by atoms with E-state index in [4.69, 9.17) is 0 Å². The van der Waals surface area contributed by atoms with E-state index in [1.807, 2.05) is 30.3 Å². The van der Waals surface area contributed by atoms with Gasteiger partial charge in [0.05, 0.1) is 11.1 Å². The lowest BCUT2D eigenvalue weighted by Gasteiger charge is -2.07. The molecule has 0 amide bonds. The number of hydrogen-bond acceptors (Lipinski definition) is 5. The van der Waals surface area contributed by atoms with Crippen LogP contribution in [0, 0.1) is 10.1 Å². The minimum atomic E-state index is -0.469. The highest BCUT2D eigenvalue weighted by Gasteiger charge is 2.22. The summed E-state index contributed by atoms with van der Waals surface area (Å²) in [5, 5.41) is 18.7. The first kappa shape index (κ1) is 12.7. The molecule has 2 aromatic rings. The van der Waals surface area contributed by atoms with Crippen LogP contribution in [0.1, 0.15) is 5.82 Å². The number of nitro groups is 1. The molecule has 7 nitrogen and oxygen atoms in total. The van der Waals surface area contributed by atoms with E-state index in [-0.39, 0.29) is 11.5 Å². The van der Waals surface area contributed by atoms with Crippen LogP contribution in [0.3, 0.4) is 0 Å². The SMILES string of the molecule is CN(C)C=C(c1nncn1-c1ccccc1)[N+](=O)[O-]. The fourth-order valence-electron chi connectivity index (χ4n) is 1.62. The summed E-state index contributed by atoms with van der Waals surface area (Å²) in [4.78, 5) is 12.3. The molecule has 0 unspecified atom stereocenters. The summed E-state index contributed by atoms with van der Waals surface area (Å²) in [5.41, 5.74) is 0.667. The zero-order valence-corrected chi connectivity index (χ0v) is 10.6. The highest BCUT2D eigenvalue weighted by Crippen LogP contribution is 2.17. The number of aromatic nitrogens is 3. The van der Waals surface area contributed by atoms with E-state index < -0.39 is 4.92 Å². The van der Waals surface area contributed by atoms with E-state index in [0.717, 1.165) is 5.69 Å². The molecule has 0 fully saturated rings. The first-order valence-corrected chi connectivity index (χ1v) is 5.58. The van der Waals surface area contributed by atoms with Crippen molar-refractivity contribution < 1.29 is 4.92 Å². The molecule has 0 bridgehead atoms. The van der Waals surface area contributed by atoms with Crippen LogP contribution in [0.25, 0.3) is 11.4 Å². The molecule has 0 atom stereocenters. The summed E-state index contributed by atoms with van der Waals surface area (Å²) >= 11 is 0. The molecule has 0 saturated carbocycles. The summed E-state index contributed by atoms with van der Waals surface area (Å²) in [6.07, 6.45) is 2.86. The summed E-state index contributed by atoms with van der Waals surface area (Å²) in [6.45, 7) is 0. The van der Waals surface area contributed by atoms with Crippen molar-refractivity contribution in [2.24, 2.45) is 0 Å². The Kier molecular flexibility index (Phi) is 3.56. The van der Waals surface area contributed by atoms with Crippen LogP contribution in [-0.2, 0) is 0 Å².